The predicted octanol–water partition coefficient (Wildman–Crippen LogP) is 7.51. The zero-order chi connectivity index (χ0) is 39.4. The lowest BCUT2D eigenvalue weighted by Crippen LogP contribution is -2.43. The minimum Gasteiger partial charge on any atom is -0.493 e. The van der Waals surface area contributed by atoms with E-state index in [9.17, 15) is 9.18 Å². The van der Waals surface area contributed by atoms with E-state index in [2.05, 4.69) is 62.2 Å². The maximum Gasteiger partial charge on any atom is 0.254 e. The molecule has 4 heterocycles. The van der Waals surface area contributed by atoms with Crippen molar-refractivity contribution in [3.05, 3.63) is 132 Å². The summed E-state index contributed by atoms with van der Waals surface area (Å²) in [5.74, 6) is 2.69. The number of hydrogen-bond acceptors (Lipinski definition) is 8. The van der Waals surface area contributed by atoms with Crippen molar-refractivity contribution < 1.29 is 23.4 Å². The number of aromatic amines is 1. The average molecular weight is 772 g/mol. The van der Waals surface area contributed by atoms with Gasteiger partial charge in [-0.05, 0) is 79.8 Å². The molecule has 57 heavy (non-hydrogen) atoms. The minimum atomic E-state index is -0.316. The molecule has 0 bridgehead atoms. The number of para-hydroxylation sites is 2. The molecular formula is C45H50FN7O4. The van der Waals surface area contributed by atoms with Gasteiger partial charge in [0.25, 0.3) is 5.91 Å². The van der Waals surface area contributed by atoms with Gasteiger partial charge in [-0.2, -0.15) is 0 Å². The van der Waals surface area contributed by atoms with Crippen molar-refractivity contribution in [2.75, 3.05) is 59.4 Å². The summed E-state index contributed by atoms with van der Waals surface area (Å²) >= 11 is 0. The average Bonchev–Trinajstić information content (AvgIpc) is 4.03. The first-order chi connectivity index (χ1) is 27.9. The van der Waals surface area contributed by atoms with Gasteiger partial charge in [0.1, 0.15) is 11.6 Å². The molecule has 0 saturated carbocycles. The first-order valence-corrected chi connectivity index (χ1v) is 19.7. The Kier molecular flexibility index (Phi) is 11.1. The van der Waals surface area contributed by atoms with Crippen LogP contribution in [0.25, 0.3) is 11.0 Å². The second kappa shape index (κ2) is 16.7. The number of amides is 1. The molecule has 2 aliphatic rings. The summed E-state index contributed by atoms with van der Waals surface area (Å²) < 4.78 is 33.0. The summed E-state index contributed by atoms with van der Waals surface area (Å²) in [6, 6.07) is 29.2. The molecule has 2 aromatic heterocycles. The third-order valence-electron chi connectivity index (χ3n) is 11.9. The first-order valence-electron chi connectivity index (χ1n) is 19.7. The third kappa shape index (κ3) is 7.91. The van der Waals surface area contributed by atoms with Crippen molar-refractivity contribution in [2.45, 2.75) is 49.6 Å². The number of H-pyrrole nitrogens is 1. The van der Waals surface area contributed by atoms with Crippen LogP contribution in [0, 0.1) is 5.82 Å². The molecule has 296 valence electrons. The number of fused-ring (bicyclic) bond motifs is 1. The lowest BCUT2D eigenvalue weighted by molar-refractivity contribution is 0.0779. The number of benzene rings is 4. The van der Waals surface area contributed by atoms with E-state index < -0.39 is 0 Å². The number of imidazole rings is 2. The molecule has 0 radical (unpaired) electrons. The Morgan fingerprint density at radius 2 is 1.65 bits per heavy atom. The van der Waals surface area contributed by atoms with Crippen LogP contribution in [0.15, 0.2) is 103 Å². The van der Waals surface area contributed by atoms with E-state index in [-0.39, 0.29) is 29.2 Å². The SMILES string of the molecule is COc1cc(C(=O)N2CCC(CCN3CCC(Nc4nc5ccccc5n4C(Cc4ccccc4)c4ncc[nH]4)CC3)(c3ccc(F)cc3)C2)cc(OC)c1OC. The van der Waals surface area contributed by atoms with E-state index in [4.69, 9.17) is 24.2 Å². The Hall–Kier alpha value is -5.88. The van der Waals surface area contributed by atoms with Crippen LogP contribution in [0.4, 0.5) is 10.3 Å². The molecule has 0 aliphatic carbocycles. The number of rotatable bonds is 14. The topological polar surface area (TPSA) is 110 Å². The van der Waals surface area contributed by atoms with Crippen molar-refractivity contribution in [3.63, 3.8) is 0 Å². The van der Waals surface area contributed by atoms with Crippen LogP contribution in [-0.2, 0) is 11.8 Å². The van der Waals surface area contributed by atoms with E-state index in [1.165, 1.54) is 17.7 Å². The highest BCUT2D eigenvalue weighted by Crippen LogP contribution is 2.42. The van der Waals surface area contributed by atoms with E-state index in [1.54, 1.807) is 33.5 Å². The van der Waals surface area contributed by atoms with Crippen LogP contribution in [0.3, 0.4) is 0 Å². The Morgan fingerprint density at radius 3 is 2.33 bits per heavy atom. The smallest absolute Gasteiger partial charge is 0.254 e. The molecule has 11 nitrogen and oxygen atoms in total. The quantitative estimate of drug-likeness (QED) is 0.117. The normalized spacial score (nSPS) is 18.1. The molecular weight excluding hydrogens is 722 g/mol. The van der Waals surface area contributed by atoms with Crippen molar-refractivity contribution in [1.82, 2.24) is 29.3 Å². The fraction of sp³-hybridized carbons (Fsp3) is 0.356. The summed E-state index contributed by atoms with van der Waals surface area (Å²) in [6.07, 6.45) is 8.01. The van der Waals surface area contributed by atoms with E-state index in [0.29, 0.717) is 35.9 Å². The number of aromatic nitrogens is 4. The highest BCUT2D eigenvalue weighted by atomic mass is 19.1. The van der Waals surface area contributed by atoms with Gasteiger partial charge in [0.2, 0.25) is 11.7 Å². The van der Waals surface area contributed by atoms with Crippen molar-refractivity contribution in [3.8, 4) is 17.2 Å². The number of carbonyl (C=O) groups is 1. The van der Waals surface area contributed by atoms with Gasteiger partial charge in [-0.1, -0.05) is 54.6 Å². The molecule has 12 heteroatoms. The van der Waals surface area contributed by atoms with Crippen LogP contribution in [-0.4, -0.2) is 95.3 Å². The summed E-state index contributed by atoms with van der Waals surface area (Å²) in [5.41, 5.74) is 4.45. The molecule has 6 aromatic rings. The van der Waals surface area contributed by atoms with Gasteiger partial charge in [-0.25, -0.2) is 14.4 Å². The van der Waals surface area contributed by atoms with Gasteiger partial charge < -0.3 is 34.3 Å². The zero-order valence-electron chi connectivity index (χ0n) is 32.8. The van der Waals surface area contributed by atoms with Gasteiger partial charge in [0.15, 0.2) is 11.5 Å². The number of carbonyl (C=O) groups excluding carboxylic acids is 1. The number of halogens is 1. The van der Waals surface area contributed by atoms with Gasteiger partial charge >= 0.3 is 0 Å². The fourth-order valence-corrected chi connectivity index (χ4v) is 8.75. The second-order valence-corrected chi connectivity index (χ2v) is 15.2. The molecule has 2 saturated heterocycles. The molecule has 4 aromatic carbocycles. The Morgan fingerprint density at radius 1 is 0.930 bits per heavy atom. The maximum absolute atomic E-state index is 14.2. The van der Waals surface area contributed by atoms with Crippen LogP contribution in [0.5, 0.6) is 17.2 Å². The number of methoxy groups -OCH3 is 3. The molecule has 8 rings (SSSR count). The lowest BCUT2D eigenvalue weighted by Gasteiger charge is -2.36. The lowest BCUT2D eigenvalue weighted by atomic mass is 9.76. The molecule has 2 aliphatic heterocycles. The van der Waals surface area contributed by atoms with E-state index in [0.717, 1.165) is 80.1 Å². The second-order valence-electron chi connectivity index (χ2n) is 15.2. The Labute approximate surface area is 332 Å². The summed E-state index contributed by atoms with van der Waals surface area (Å²) in [4.78, 5) is 31.7. The number of ether oxygens (including phenoxy) is 3. The van der Waals surface area contributed by atoms with Crippen LogP contribution in [0.1, 0.15) is 59.0 Å². The zero-order valence-corrected chi connectivity index (χ0v) is 32.8. The standard InChI is InChI=1S/C45H50FN7O4/c1-55-39-28-32(29-40(56-2)41(39)57-3)43(54)52-26-20-45(30-52,33-13-15-34(46)16-14-33)19-25-51-23-17-35(18-24-51)49-44-50-36-11-7-8-12-37(36)53(44)38(42-47-21-22-48-42)27-31-9-5-4-6-10-31/h4-16,21-22,28-29,35,38H,17-20,23-27,30H2,1-3H3,(H,47,48)(H,49,50). The number of nitrogens with zero attached hydrogens (tertiary/aromatic N) is 5. The number of likely N-dealkylation sites (tertiary alicyclic amines) is 2. The molecule has 0 spiro atoms. The largest absolute Gasteiger partial charge is 0.493 e. The first kappa shape index (κ1) is 38.0. The van der Waals surface area contributed by atoms with Crippen LogP contribution < -0.4 is 19.5 Å². The maximum atomic E-state index is 14.2. The molecule has 1 amide bonds. The van der Waals surface area contributed by atoms with Crippen LogP contribution >= 0.6 is 0 Å². The van der Waals surface area contributed by atoms with Crippen molar-refractivity contribution in [2.24, 2.45) is 0 Å². The number of piperidine rings is 1. The Bertz CT molecular complexity index is 2250. The van der Waals surface area contributed by atoms with Gasteiger partial charge in [-0.15, -0.1) is 0 Å². The molecule has 2 N–H and O–H groups in total. The van der Waals surface area contributed by atoms with Crippen LogP contribution in [0.2, 0.25) is 0 Å². The number of nitrogens with one attached hydrogen (secondary N) is 2. The van der Waals surface area contributed by atoms with Crippen molar-refractivity contribution in [1.29, 1.82) is 0 Å². The summed E-state index contributed by atoms with van der Waals surface area (Å²) in [5, 5.41) is 3.86. The van der Waals surface area contributed by atoms with Crippen molar-refractivity contribution >= 4 is 22.9 Å². The summed E-state index contributed by atoms with van der Waals surface area (Å²) in [6.45, 7) is 3.84. The number of anilines is 1. The predicted molar refractivity (Wildman–Crippen MR) is 219 cm³/mol. The van der Waals surface area contributed by atoms with Gasteiger partial charge in [-0.3, -0.25) is 9.36 Å². The minimum absolute atomic E-state index is 0.0772. The fourth-order valence-electron chi connectivity index (χ4n) is 8.75. The third-order valence-corrected chi connectivity index (χ3v) is 11.9. The molecule has 2 fully saturated rings. The van der Waals surface area contributed by atoms with E-state index in [1.807, 2.05) is 41.6 Å². The number of hydrogen-bond donors (Lipinski definition) is 2. The molecule has 2 atom stereocenters. The van der Waals surface area contributed by atoms with Gasteiger partial charge in [0.05, 0.1) is 38.4 Å². The van der Waals surface area contributed by atoms with Gasteiger partial charge in [0, 0.05) is 62.0 Å². The Balaban J connectivity index is 0.967. The summed E-state index contributed by atoms with van der Waals surface area (Å²) in [7, 11) is 4.63. The molecule has 2 unspecified atom stereocenters. The van der Waals surface area contributed by atoms with E-state index >= 15 is 0 Å². The monoisotopic (exact) mass is 771 g/mol. The highest BCUT2D eigenvalue weighted by Gasteiger charge is 2.42. The highest BCUT2D eigenvalue weighted by molar-refractivity contribution is 5.96.